The number of aliphatic hydroxyl groups excluding tert-OH is 1. The molecule has 3 unspecified atom stereocenters. The van der Waals surface area contributed by atoms with Gasteiger partial charge in [0.25, 0.3) is 0 Å². The van der Waals surface area contributed by atoms with Gasteiger partial charge in [-0.05, 0) is 50.4 Å². The maximum Gasteiger partial charge on any atom is 0.247 e. The summed E-state index contributed by atoms with van der Waals surface area (Å²) < 4.78 is -0.733. The summed E-state index contributed by atoms with van der Waals surface area (Å²) in [6, 6.07) is -1.27. The van der Waals surface area contributed by atoms with Crippen molar-refractivity contribution in [3.8, 4) is 0 Å². The number of nitrogens with zero attached hydrogens (tertiary/aromatic N) is 3. The number of rotatable bonds is 14. The molecule has 0 aromatic carbocycles. The lowest BCUT2D eigenvalue weighted by atomic mass is 9.65. The van der Waals surface area contributed by atoms with E-state index in [4.69, 9.17) is 0 Å². The van der Waals surface area contributed by atoms with E-state index in [-0.39, 0.29) is 46.8 Å². The first-order valence-electron chi connectivity index (χ1n) is 16.0. The van der Waals surface area contributed by atoms with Crippen LogP contribution >= 0.6 is 11.8 Å². The molecule has 2 bridgehead atoms. The highest BCUT2D eigenvalue weighted by atomic mass is 32.2. The lowest BCUT2D eigenvalue weighted by molar-refractivity contribution is -0.150. The molecule has 238 valence electrons. The van der Waals surface area contributed by atoms with Gasteiger partial charge in [0.05, 0.1) is 29.2 Å². The van der Waals surface area contributed by atoms with Gasteiger partial charge in [-0.3, -0.25) is 14.4 Å². The first kappa shape index (κ1) is 34.7. The Kier molecular flexibility index (Phi) is 10.8. The highest BCUT2D eigenvalue weighted by Gasteiger charge is 2.77. The molecule has 3 amide bonds. The van der Waals surface area contributed by atoms with E-state index >= 15 is 4.79 Å². The summed E-state index contributed by atoms with van der Waals surface area (Å²) in [4.78, 5) is 49.6. The van der Waals surface area contributed by atoms with Crippen LogP contribution < -0.4 is 0 Å². The molecule has 0 aromatic heterocycles. The number of carbonyl (C=O) groups excluding carboxylic acids is 3. The van der Waals surface area contributed by atoms with Crippen LogP contribution in [-0.2, 0) is 14.4 Å². The molecule has 42 heavy (non-hydrogen) atoms. The topological polar surface area (TPSA) is 81.2 Å². The SMILES string of the molecule is C=CCN(CCC)C(=O)[C@@H]1[C@H]2C(=O)N([C@@H](CO)[C@@H](C)CC)C(C(=O)N(CC=C)C(C)(C)CC(C)(C)C)C23S[C@@H]1CC3C. The lowest BCUT2D eigenvalue weighted by Crippen LogP contribution is -2.63. The van der Waals surface area contributed by atoms with Crippen molar-refractivity contribution in [1.82, 2.24) is 14.7 Å². The molecular weight excluding hydrogens is 546 g/mol. The van der Waals surface area contributed by atoms with Crippen LogP contribution in [0.15, 0.2) is 25.3 Å². The third kappa shape index (κ3) is 5.96. The molecule has 3 aliphatic heterocycles. The Balaban J connectivity index is 2.22. The van der Waals surface area contributed by atoms with Crippen molar-refractivity contribution < 1.29 is 19.5 Å². The van der Waals surface area contributed by atoms with Crippen LogP contribution in [0, 0.1) is 29.1 Å². The first-order chi connectivity index (χ1) is 19.6. The standard InChI is InChI=1S/C34H57N3O4S/c1-12-16-35(17-13-2)29(39)26-25-19-23(6)34(42-25)27(26)30(40)37(24(20-38)22(5)15-4)28(34)31(41)36(18-14-3)33(10,11)21-32(7,8)9/h12,14,22-28,38H,1,3,13,15-21H2,2,4-11H3/t22-,23?,24-,25+,26-,27-,28?,34?/m0/s1. The van der Waals surface area contributed by atoms with E-state index in [9.17, 15) is 14.7 Å². The average molecular weight is 604 g/mol. The van der Waals surface area contributed by atoms with Crippen LogP contribution in [-0.4, -0.2) is 91.4 Å². The van der Waals surface area contributed by atoms with E-state index < -0.39 is 34.2 Å². The second kappa shape index (κ2) is 13.1. The van der Waals surface area contributed by atoms with E-state index in [2.05, 4.69) is 54.7 Å². The largest absolute Gasteiger partial charge is 0.394 e. The molecule has 1 N–H and O–H groups in total. The van der Waals surface area contributed by atoms with Crippen LogP contribution in [0.4, 0.5) is 0 Å². The second-order valence-electron chi connectivity index (χ2n) is 14.8. The van der Waals surface area contributed by atoms with Crippen molar-refractivity contribution in [1.29, 1.82) is 0 Å². The van der Waals surface area contributed by atoms with E-state index in [1.807, 2.05) is 30.6 Å². The fourth-order valence-corrected chi connectivity index (χ4v) is 10.8. The smallest absolute Gasteiger partial charge is 0.247 e. The summed E-state index contributed by atoms with van der Waals surface area (Å²) in [5.41, 5.74) is -0.529. The third-order valence-corrected chi connectivity index (χ3v) is 12.0. The molecule has 7 nitrogen and oxygen atoms in total. The molecule has 8 heteroatoms. The van der Waals surface area contributed by atoms with Gasteiger partial charge in [0.1, 0.15) is 6.04 Å². The zero-order valence-corrected chi connectivity index (χ0v) is 28.5. The van der Waals surface area contributed by atoms with Crippen molar-refractivity contribution in [3.05, 3.63) is 25.3 Å². The molecule has 3 rings (SSSR count). The number of thioether (sulfide) groups is 1. The maximum atomic E-state index is 15.1. The Hall–Kier alpha value is -1.80. The van der Waals surface area contributed by atoms with Crippen molar-refractivity contribution in [3.63, 3.8) is 0 Å². The number of fused-ring (bicyclic) bond motifs is 1. The number of aliphatic hydroxyl groups is 1. The summed E-state index contributed by atoms with van der Waals surface area (Å²) in [7, 11) is 0. The van der Waals surface area contributed by atoms with Gasteiger partial charge in [-0.2, -0.15) is 0 Å². The summed E-state index contributed by atoms with van der Waals surface area (Å²) in [6.45, 7) is 28.0. The van der Waals surface area contributed by atoms with E-state index in [0.29, 0.717) is 19.6 Å². The van der Waals surface area contributed by atoms with Gasteiger partial charge in [-0.15, -0.1) is 24.9 Å². The summed E-state index contributed by atoms with van der Waals surface area (Å²) in [5, 5.41) is 10.7. The van der Waals surface area contributed by atoms with Crippen molar-refractivity contribution >= 4 is 29.5 Å². The maximum absolute atomic E-state index is 15.1. The van der Waals surface area contributed by atoms with Crippen LogP contribution in [0.1, 0.15) is 88.0 Å². The van der Waals surface area contributed by atoms with E-state index in [1.165, 1.54) is 0 Å². The molecule has 3 fully saturated rings. The number of hydrogen-bond donors (Lipinski definition) is 1. The zero-order chi connectivity index (χ0) is 31.8. The van der Waals surface area contributed by atoms with Gasteiger partial charge in [0.15, 0.2) is 0 Å². The zero-order valence-electron chi connectivity index (χ0n) is 27.7. The van der Waals surface area contributed by atoms with Crippen LogP contribution in [0.25, 0.3) is 0 Å². The highest BCUT2D eigenvalue weighted by Crippen LogP contribution is 2.69. The van der Waals surface area contributed by atoms with Gasteiger partial charge in [-0.25, -0.2) is 0 Å². The predicted octanol–water partition coefficient (Wildman–Crippen LogP) is 5.38. The van der Waals surface area contributed by atoms with Crippen molar-refractivity contribution in [2.24, 2.45) is 29.1 Å². The quantitative estimate of drug-likeness (QED) is 0.270. The van der Waals surface area contributed by atoms with Gasteiger partial charge in [0.2, 0.25) is 17.7 Å². The Bertz CT molecular complexity index is 1040. The number of amides is 3. The summed E-state index contributed by atoms with van der Waals surface area (Å²) >= 11 is 1.71. The molecule has 8 atom stereocenters. The Morgan fingerprint density at radius 2 is 1.76 bits per heavy atom. The Labute approximate surface area is 259 Å². The van der Waals surface area contributed by atoms with Gasteiger partial charge in [-0.1, -0.05) is 67.0 Å². The fraction of sp³-hybridized carbons (Fsp3) is 0.794. The predicted molar refractivity (Wildman–Crippen MR) is 173 cm³/mol. The molecule has 3 aliphatic rings. The molecule has 3 saturated heterocycles. The normalized spacial score (nSPS) is 30.2. The summed E-state index contributed by atoms with van der Waals surface area (Å²) in [6.07, 6.45) is 6.65. The molecule has 0 saturated carbocycles. The number of carbonyl (C=O) groups is 3. The molecule has 1 spiro atoms. The van der Waals surface area contributed by atoms with Crippen LogP contribution in [0.2, 0.25) is 0 Å². The van der Waals surface area contributed by atoms with Gasteiger partial charge in [0, 0.05) is 30.4 Å². The van der Waals surface area contributed by atoms with E-state index in [0.717, 1.165) is 25.7 Å². The minimum atomic E-state index is -0.762. The lowest BCUT2D eigenvalue weighted by Gasteiger charge is -2.48. The van der Waals surface area contributed by atoms with Gasteiger partial charge < -0.3 is 19.8 Å². The second-order valence-corrected chi connectivity index (χ2v) is 16.3. The number of hydrogen-bond acceptors (Lipinski definition) is 5. The summed E-state index contributed by atoms with van der Waals surface area (Å²) in [5.74, 6) is -1.27. The number of likely N-dealkylation sites (tertiary alicyclic amines) is 1. The third-order valence-electron chi connectivity index (χ3n) is 9.97. The fourth-order valence-electron chi connectivity index (χ4n) is 8.43. The highest BCUT2D eigenvalue weighted by molar-refractivity contribution is 8.02. The Morgan fingerprint density at radius 1 is 1.14 bits per heavy atom. The molecule has 0 aromatic rings. The molecule has 0 aliphatic carbocycles. The monoisotopic (exact) mass is 603 g/mol. The van der Waals surface area contributed by atoms with Crippen molar-refractivity contribution in [2.75, 3.05) is 26.2 Å². The molecular formula is C34H57N3O4S. The average Bonchev–Trinajstić information content (AvgIpc) is 3.49. The minimum Gasteiger partial charge on any atom is -0.394 e. The minimum absolute atomic E-state index is 0.00507. The van der Waals surface area contributed by atoms with E-state index in [1.54, 1.807) is 28.8 Å². The molecule has 3 heterocycles. The first-order valence-corrected chi connectivity index (χ1v) is 16.9. The van der Waals surface area contributed by atoms with Crippen LogP contribution in [0.3, 0.4) is 0 Å². The Morgan fingerprint density at radius 3 is 2.26 bits per heavy atom. The van der Waals surface area contributed by atoms with Gasteiger partial charge >= 0.3 is 0 Å². The molecule has 0 radical (unpaired) electrons. The van der Waals surface area contributed by atoms with Crippen molar-refractivity contribution in [2.45, 2.75) is 116 Å². The van der Waals surface area contributed by atoms with Crippen LogP contribution in [0.5, 0.6) is 0 Å².